The Morgan fingerprint density at radius 1 is 0.338 bits per heavy atom. The molecule has 3 nitrogen and oxygen atoms in total. The molecule has 3 heteroatoms. The van der Waals surface area contributed by atoms with Crippen molar-refractivity contribution in [2.75, 3.05) is 4.90 Å². The van der Waals surface area contributed by atoms with E-state index >= 15 is 0 Å². The van der Waals surface area contributed by atoms with Gasteiger partial charge in [0.1, 0.15) is 11.2 Å². The molecule has 0 fully saturated rings. The molecule has 65 heavy (non-hydrogen) atoms. The number of hydrogen-bond acceptors (Lipinski definition) is 2. The summed E-state index contributed by atoms with van der Waals surface area (Å²) in [6.45, 7) is 0. The average Bonchev–Trinajstić information content (AvgIpc) is 3.94. The fourth-order valence-corrected chi connectivity index (χ4v) is 10.1. The van der Waals surface area contributed by atoms with Crippen LogP contribution in [0, 0.1) is 0 Å². The Hall–Kier alpha value is -8.66. The highest BCUT2D eigenvalue weighted by Gasteiger charge is 2.24. The van der Waals surface area contributed by atoms with Gasteiger partial charge < -0.3 is 13.9 Å². The van der Waals surface area contributed by atoms with Crippen LogP contribution in [0.15, 0.2) is 247 Å². The minimum atomic E-state index is 0.850. The highest BCUT2D eigenvalue weighted by atomic mass is 16.3. The number of anilines is 3. The second kappa shape index (κ2) is 15.0. The average molecular weight is 829 g/mol. The monoisotopic (exact) mass is 828 g/mol. The third kappa shape index (κ3) is 6.05. The summed E-state index contributed by atoms with van der Waals surface area (Å²) in [5.41, 5.74) is 15.1. The molecular formula is C62H40N2O. The molecule has 0 amide bonds. The summed E-state index contributed by atoms with van der Waals surface area (Å²) in [6, 6.07) is 87.6. The zero-order chi connectivity index (χ0) is 42.8. The molecule has 0 bridgehead atoms. The van der Waals surface area contributed by atoms with Crippen LogP contribution in [0.25, 0.3) is 104 Å². The Morgan fingerprint density at radius 3 is 1.62 bits per heavy atom. The highest BCUT2D eigenvalue weighted by Crippen LogP contribution is 2.48. The third-order valence-electron chi connectivity index (χ3n) is 13.2. The normalized spacial score (nSPS) is 11.7. The van der Waals surface area contributed by atoms with Crippen molar-refractivity contribution in [2.45, 2.75) is 0 Å². The molecule has 0 aliphatic rings. The van der Waals surface area contributed by atoms with Gasteiger partial charge in [-0.15, -0.1) is 0 Å². The quantitative estimate of drug-likeness (QED) is 0.149. The minimum absolute atomic E-state index is 0.850. The maximum absolute atomic E-state index is 7.03. The Balaban J connectivity index is 0.998. The van der Waals surface area contributed by atoms with E-state index in [9.17, 15) is 0 Å². The van der Waals surface area contributed by atoms with Crippen molar-refractivity contribution in [1.29, 1.82) is 0 Å². The van der Waals surface area contributed by atoms with Crippen molar-refractivity contribution in [2.24, 2.45) is 0 Å². The lowest BCUT2D eigenvalue weighted by molar-refractivity contribution is 0.670. The summed E-state index contributed by atoms with van der Waals surface area (Å²) in [7, 11) is 0. The van der Waals surface area contributed by atoms with Crippen LogP contribution < -0.4 is 4.90 Å². The molecule has 0 aliphatic heterocycles. The van der Waals surface area contributed by atoms with Gasteiger partial charge >= 0.3 is 0 Å². The lowest BCUT2D eigenvalue weighted by Gasteiger charge is -2.27. The first-order valence-electron chi connectivity index (χ1n) is 22.2. The topological polar surface area (TPSA) is 21.3 Å². The van der Waals surface area contributed by atoms with Crippen LogP contribution in [-0.2, 0) is 0 Å². The summed E-state index contributed by atoms with van der Waals surface area (Å²) in [5.74, 6) is 0. The first kappa shape index (κ1) is 36.9. The van der Waals surface area contributed by atoms with Crippen LogP contribution in [0.2, 0.25) is 0 Å². The summed E-state index contributed by atoms with van der Waals surface area (Å²) in [4.78, 5) is 2.39. The van der Waals surface area contributed by atoms with Gasteiger partial charge in [0.15, 0.2) is 0 Å². The number of nitrogens with zero attached hydrogens (tertiary/aromatic N) is 2. The summed E-state index contributed by atoms with van der Waals surface area (Å²) in [6.07, 6.45) is 0. The van der Waals surface area contributed by atoms with Gasteiger partial charge in [-0.25, -0.2) is 0 Å². The van der Waals surface area contributed by atoms with Crippen molar-refractivity contribution in [1.82, 2.24) is 4.57 Å². The fraction of sp³-hybridized carbons (Fsp3) is 0. The van der Waals surface area contributed by atoms with Gasteiger partial charge in [0, 0.05) is 38.7 Å². The third-order valence-corrected chi connectivity index (χ3v) is 13.2. The molecule has 0 spiro atoms. The molecule has 0 N–H and O–H groups in total. The van der Waals surface area contributed by atoms with E-state index in [-0.39, 0.29) is 0 Å². The predicted molar refractivity (Wildman–Crippen MR) is 274 cm³/mol. The molecule has 13 aromatic rings. The zero-order valence-corrected chi connectivity index (χ0v) is 35.4. The van der Waals surface area contributed by atoms with Crippen LogP contribution in [0.1, 0.15) is 0 Å². The number of hydrogen-bond donors (Lipinski definition) is 0. The Morgan fingerprint density at radius 2 is 0.877 bits per heavy atom. The van der Waals surface area contributed by atoms with Gasteiger partial charge in [0.2, 0.25) is 0 Å². The van der Waals surface area contributed by atoms with Crippen molar-refractivity contribution >= 4 is 82.4 Å². The Bertz CT molecular complexity index is 3880. The van der Waals surface area contributed by atoms with Crippen molar-refractivity contribution in [3.63, 3.8) is 0 Å². The number of aromatic nitrogens is 1. The molecule has 0 radical (unpaired) electrons. The lowest BCUT2D eigenvalue weighted by atomic mass is 9.97. The first-order chi connectivity index (χ1) is 32.2. The van der Waals surface area contributed by atoms with Gasteiger partial charge in [-0.3, -0.25) is 0 Å². The van der Waals surface area contributed by atoms with E-state index in [1.165, 1.54) is 65.6 Å². The number of furan rings is 1. The molecule has 0 unspecified atom stereocenters. The molecule has 0 atom stereocenters. The standard InChI is InChI=1S/C62H40N2O/c1-2-14-41(15-3-1)42-28-33-47(34-29-42)63(48-35-30-43(31-36-48)45-32-37-50-46(40-45)27-26-44-16-4-5-17-49(44)50)59-39-38-54(62-61(59)55-21-9-13-25-60(55)65-62)53-20-8-12-24-58(53)64-56-22-10-6-18-51(56)52-19-7-11-23-57(52)64/h1-40H. The van der Waals surface area contributed by atoms with Crippen molar-refractivity contribution in [3.05, 3.63) is 243 Å². The maximum Gasteiger partial charge on any atom is 0.145 e. The van der Waals surface area contributed by atoms with Crippen LogP contribution in [-0.4, -0.2) is 4.57 Å². The predicted octanol–water partition coefficient (Wildman–Crippen LogP) is 17.5. The molecule has 2 heterocycles. The second-order valence-electron chi connectivity index (χ2n) is 16.8. The zero-order valence-electron chi connectivity index (χ0n) is 35.4. The van der Waals surface area contributed by atoms with E-state index in [1.807, 2.05) is 0 Å². The Labute approximate surface area is 376 Å². The number of benzene rings is 11. The molecule has 13 rings (SSSR count). The van der Waals surface area contributed by atoms with Gasteiger partial charge in [-0.1, -0.05) is 176 Å². The smallest absolute Gasteiger partial charge is 0.145 e. The molecule has 0 saturated heterocycles. The molecule has 304 valence electrons. The molecule has 0 aliphatic carbocycles. The SMILES string of the molecule is c1ccc(-c2ccc(N(c3ccc(-c4ccc5c(ccc6ccccc65)c4)cc3)c3ccc(-c4ccccc4-n4c5ccccc5c5ccccc54)c4oc5ccccc5c34)cc2)cc1. The fourth-order valence-electron chi connectivity index (χ4n) is 10.1. The van der Waals surface area contributed by atoms with E-state index in [0.717, 1.165) is 55.8 Å². The van der Waals surface area contributed by atoms with Crippen molar-refractivity contribution < 1.29 is 4.42 Å². The minimum Gasteiger partial charge on any atom is -0.455 e. The lowest BCUT2D eigenvalue weighted by Crippen LogP contribution is -2.10. The summed E-state index contributed by atoms with van der Waals surface area (Å²) in [5, 5.41) is 9.64. The van der Waals surface area contributed by atoms with Crippen LogP contribution in [0.5, 0.6) is 0 Å². The Kier molecular flexibility index (Phi) is 8.53. The van der Waals surface area contributed by atoms with Crippen LogP contribution in [0.4, 0.5) is 17.1 Å². The maximum atomic E-state index is 7.03. The van der Waals surface area contributed by atoms with Crippen molar-refractivity contribution in [3.8, 4) is 39.1 Å². The summed E-state index contributed by atoms with van der Waals surface area (Å²) < 4.78 is 9.43. The summed E-state index contributed by atoms with van der Waals surface area (Å²) >= 11 is 0. The van der Waals surface area contributed by atoms with Gasteiger partial charge in [0.25, 0.3) is 0 Å². The van der Waals surface area contributed by atoms with E-state index in [4.69, 9.17) is 4.42 Å². The van der Waals surface area contributed by atoms with Gasteiger partial charge in [-0.2, -0.15) is 0 Å². The molecule has 11 aromatic carbocycles. The van der Waals surface area contributed by atoms with E-state index in [1.54, 1.807) is 0 Å². The highest BCUT2D eigenvalue weighted by molar-refractivity contribution is 6.18. The molecular weight excluding hydrogens is 789 g/mol. The van der Waals surface area contributed by atoms with Crippen LogP contribution in [0.3, 0.4) is 0 Å². The number of rotatable bonds is 7. The van der Waals surface area contributed by atoms with Crippen LogP contribution >= 0.6 is 0 Å². The van der Waals surface area contributed by atoms with E-state index < -0.39 is 0 Å². The number of para-hydroxylation sites is 4. The molecule has 2 aromatic heterocycles. The number of fused-ring (bicyclic) bond motifs is 9. The second-order valence-corrected chi connectivity index (χ2v) is 16.8. The molecule has 0 saturated carbocycles. The van der Waals surface area contributed by atoms with Gasteiger partial charge in [0.05, 0.1) is 27.8 Å². The first-order valence-corrected chi connectivity index (χ1v) is 22.2. The van der Waals surface area contributed by atoms with Gasteiger partial charge in [-0.05, 0) is 111 Å². The van der Waals surface area contributed by atoms with E-state index in [2.05, 4.69) is 252 Å². The largest absolute Gasteiger partial charge is 0.455 e. The van der Waals surface area contributed by atoms with E-state index in [0.29, 0.717) is 0 Å².